The molecule has 126 valence electrons. The third-order valence-corrected chi connectivity index (χ3v) is 3.94. The predicted molar refractivity (Wildman–Crippen MR) is 101 cm³/mol. The molecule has 0 aliphatic carbocycles. The molecule has 1 N–H and O–H groups in total. The largest absolute Gasteiger partial charge is 0.457 e. The zero-order valence-electron chi connectivity index (χ0n) is 14.2. The highest BCUT2D eigenvalue weighted by molar-refractivity contribution is 5.90. The normalized spacial score (nSPS) is 10.3. The Labute approximate surface area is 148 Å². The van der Waals surface area contributed by atoms with Gasteiger partial charge >= 0.3 is 0 Å². The molecule has 3 nitrogen and oxygen atoms in total. The van der Waals surface area contributed by atoms with E-state index < -0.39 is 0 Å². The predicted octanol–water partition coefficient (Wildman–Crippen LogP) is 5.36. The molecular formula is C22H21NO2. The van der Waals surface area contributed by atoms with Crippen LogP contribution in [0.4, 0.5) is 5.69 Å². The van der Waals surface area contributed by atoms with Gasteiger partial charge in [-0.1, -0.05) is 48.5 Å². The lowest BCUT2D eigenvalue weighted by atomic mass is 10.1. The van der Waals surface area contributed by atoms with Crippen molar-refractivity contribution in [2.45, 2.75) is 19.8 Å². The maximum atomic E-state index is 12.1. The fraction of sp³-hybridized carbons (Fsp3) is 0.136. The van der Waals surface area contributed by atoms with Gasteiger partial charge in [0.1, 0.15) is 11.5 Å². The molecule has 0 aliphatic rings. The lowest BCUT2D eigenvalue weighted by molar-refractivity contribution is -0.116. The van der Waals surface area contributed by atoms with E-state index in [9.17, 15) is 4.79 Å². The molecule has 25 heavy (non-hydrogen) atoms. The van der Waals surface area contributed by atoms with Crippen LogP contribution in [0.1, 0.15) is 17.5 Å². The van der Waals surface area contributed by atoms with Crippen molar-refractivity contribution in [3.8, 4) is 11.5 Å². The molecule has 0 saturated heterocycles. The summed E-state index contributed by atoms with van der Waals surface area (Å²) in [5.41, 5.74) is 3.02. The van der Waals surface area contributed by atoms with Gasteiger partial charge < -0.3 is 10.1 Å². The van der Waals surface area contributed by atoms with Crippen LogP contribution in [-0.2, 0) is 11.2 Å². The third-order valence-electron chi connectivity index (χ3n) is 3.94. The summed E-state index contributed by atoms with van der Waals surface area (Å²) in [7, 11) is 0. The van der Waals surface area contributed by atoms with Gasteiger partial charge in [0, 0.05) is 12.1 Å². The minimum Gasteiger partial charge on any atom is -0.457 e. The Kier molecular flexibility index (Phi) is 5.47. The number of hydrogen-bond acceptors (Lipinski definition) is 2. The Hall–Kier alpha value is -3.07. The van der Waals surface area contributed by atoms with Gasteiger partial charge in [0.15, 0.2) is 0 Å². The highest BCUT2D eigenvalue weighted by Gasteiger charge is 2.04. The fourth-order valence-electron chi connectivity index (χ4n) is 2.53. The zero-order valence-corrected chi connectivity index (χ0v) is 14.2. The summed E-state index contributed by atoms with van der Waals surface area (Å²) < 4.78 is 5.86. The number of aryl methyl sites for hydroxylation is 2. The number of benzene rings is 3. The van der Waals surface area contributed by atoms with Crippen molar-refractivity contribution in [1.29, 1.82) is 0 Å². The van der Waals surface area contributed by atoms with Crippen molar-refractivity contribution in [3.63, 3.8) is 0 Å². The highest BCUT2D eigenvalue weighted by Crippen LogP contribution is 2.25. The van der Waals surface area contributed by atoms with Crippen LogP contribution >= 0.6 is 0 Å². The summed E-state index contributed by atoms with van der Waals surface area (Å²) in [5.74, 6) is 1.59. The van der Waals surface area contributed by atoms with Crippen LogP contribution in [0.5, 0.6) is 11.5 Å². The zero-order chi connectivity index (χ0) is 17.5. The molecule has 0 aliphatic heterocycles. The standard InChI is InChI=1S/C22H21NO2/c1-17-7-5-6-10-21(17)25-20-14-12-19(13-15-20)23-22(24)16-11-18-8-3-2-4-9-18/h2-10,12-15H,11,16H2,1H3,(H,23,24). The second-order valence-electron chi connectivity index (χ2n) is 5.93. The second-order valence-corrected chi connectivity index (χ2v) is 5.93. The molecule has 0 heterocycles. The molecule has 1 amide bonds. The number of carbonyl (C=O) groups is 1. The van der Waals surface area contributed by atoms with Crippen LogP contribution < -0.4 is 10.1 Å². The van der Waals surface area contributed by atoms with Crippen molar-refractivity contribution < 1.29 is 9.53 Å². The first-order valence-corrected chi connectivity index (χ1v) is 8.38. The Morgan fingerprint density at radius 3 is 2.28 bits per heavy atom. The van der Waals surface area contributed by atoms with Crippen molar-refractivity contribution >= 4 is 11.6 Å². The number of hydrogen-bond donors (Lipinski definition) is 1. The smallest absolute Gasteiger partial charge is 0.224 e. The number of para-hydroxylation sites is 1. The maximum Gasteiger partial charge on any atom is 0.224 e. The molecule has 0 unspecified atom stereocenters. The quantitative estimate of drug-likeness (QED) is 0.660. The summed E-state index contributed by atoms with van der Waals surface area (Å²) in [5, 5.41) is 2.92. The first-order chi connectivity index (χ1) is 12.2. The van der Waals surface area contributed by atoms with Crippen LogP contribution in [0.15, 0.2) is 78.9 Å². The molecule has 0 aromatic heterocycles. The van der Waals surface area contributed by atoms with E-state index in [-0.39, 0.29) is 5.91 Å². The van der Waals surface area contributed by atoms with Crippen molar-refractivity contribution in [1.82, 2.24) is 0 Å². The molecule has 3 aromatic rings. The van der Waals surface area contributed by atoms with Gasteiger partial charge in [0.2, 0.25) is 5.91 Å². The van der Waals surface area contributed by atoms with Crippen molar-refractivity contribution in [3.05, 3.63) is 90.0 Å². The number of amides is 1. The Bertz CT molecular complexity index is 826. The van der Waals surface area contributed by atoms with Crippen molar-refractivity contribution in [2.24, 2.45) is 0 Å². The molecule has 3 heteroatoms. The second kappa shape index (κ2) is 8.15. The fourth-order valence-corrected chi connectivity index (χ4v) is 2.53. The molecule has 3 aromatic carbocycles. The van der Waals surface area contributed by atoms with Gasteiger partial charge in [-0.15, -0.1) is 0 Å². The molecule has 0 spiro atoms. The highest BCUT2D eigenvalue weighted by atomic mass is 16.5. The Morgan fingerprint density at radius 2 is 1.56 bits per heavy atom. The van der Waals surface area contributed by atoms with E-state index in [0.29, 0.717) is 6.42 Å². The third kappa shape index (κ3) is 4.95. The van der Waals surface area contributed by atoms with E-state index in [1.54, 1.807) is 0 Å². The minimum absolute atomic E-state index is 0.0106. The number of anilines is 1. The molecule has 0 atom stereocenters. The first-order valence-electron chi connectivity index (χ1n) is 8.38. The minimum atomic E-state index is 0.0106. The van der Waals surface area contributed by atoms with Gasteiger partial charge in [-0.3, -0.25) is 4.79 Å². The number of rotatable bonds is 6. The summed E-state index contributed by atoms with van der Waals surface area (Å²) in [6.45, 7) is 2.01. The summed E-state index contributed by atoms with van der Waals surface area (Å²) in [4.78, 5) is 12.1. The van der Waals surface area contributed by atoms with Gasteiger partial charge in [-0.05, 0) is 54.8 Å². The Balaban J connectivity index is 1.53. The maximum absolute atomic E-state index is 12.1. The summed E-state index contributed by atoms with van der Waals surface area (Å²) in [6.07, 6.45) is 1.20. The molecule has 0 saturated carbocycles. The lowest BCUT2D eigenvalue weighted by Gasteiger charge is -2.10. The Morgan fingerprint density at radius 1 is 0.880 bits per heavy atom. The number of ether oxygens (including phenoxy) is 1. The molecule has 3 rings (SSSR count). The van der Waals surface area contributed by atoms with E-state index in [0.717, 1.165) is 29.2 Å². The van der Waals surface area contributed by atoms with E-state index in [4.69, 9.17) is 4.74 Å². The summed E-state index contributed by atoms with van der Waals surface area (Å²) >= 11 is 0. The van der Waals surface area contributed by atoms with E-state index in [1.807, 2.05) is 85.8 Å². The van der Waals surface area contributed by atoms with Crippen LogP contribution in [0.25, 0.3) is 0 Å². The van der Waals surface area contributed by atoms with Gasteiger partial charge in [0.05, 0.1) is 0 Å². The van der Waals surface area contributed by atoms with Gasteiger partial charge in [0.25, 0.3) is 0 Å². The van der Waals surface area contributed by atoms with Crippen molar-refractivity contribution in [2.75, 3.05) is 5.32 Å². The molecule has 0 bridgehead atoms. The van der Waals surface area contributed by atoms with E-state index >= 15 is 0 Å². The SMILES string of the molecule is Cc1ccccc1Oc1ccc(NC(=O)CCc2ccccc2)cc1. The van der Waals surface area contributed by atoms with Gasteiger partial charge in [-0.25, -0.2) is 0 Å². The number of carbonyl (C=O) groups excluding carboxylic acids is 1. The van der Waals surface area contributed by atoms with E-state index in [1.165, 1.54) is 5.56 Å². The molecular weight excluding hydrogens is 310 g/mol. The average molecular weight is 331 g/mol. The van der Waals surface area contributed by atoms with Gasteiger partial charge in [-0.2, -0.15) is 0 Å². The molecule has 0 radical (unpaired) electrons. The van der Waals surface area contributed by atoms with Crippen LogP contribution in [0.3, 0.4) is 0 Å². The lowest BCUT2D eigenvalue weighted by Crippen LogP contribution is -2.12. The first kappa shape index (κ1) is 16.8. The van der Waals surface area contributed by atoms with Crippen LogP contribution in [-0.4, -0.2) is 5.91 Å². The average Bonchev–Trinajstić information content (AvgIpc) is 2.64. The number of nitrogens with one attached hydrogen (secondary N) is 1. The molecule has 0 fully saturated rings. The topological polar surface area (TPSA) is 38.3 Å². The van der Waals surface area contributed by atoms with E-state index in [2.05, 4.69) is 5.32 Å². The monoisotopic (exact) mass is 331 g/mol. The van der Waals surface area contributed by atoms with Crippen LogP contribution in [0, 0.1) is 6.92 Å². The summed E-state index contributed by atoms with van der Waals surface area (Å²) in [6, 6.07) is 25.3. The van der Waals surface area contributed by atoms with Crippen LogP contribution in [0.2, 0.25) is 0 Å².